The van der Waals surface area contributed by atoms with E-state index in [1.54, 1.807) is 0 Å². The van der Waals surface area contributed by atoms with Gasteiger partial charge in [0, 0.05) is 27.2 Å². The monoisotopic (exact) mass is 350 g/mol. The minimum Gasteiger partial charge on any atom is -0.355 e. The van der Waals surface area contributed by atoms with Crippen molar-refractivity contribution in [1.82, 2.24) is 0 Å². The molecule has 2 aliphatic rings. The van der Waals surface area contributed by atoms with Crippen LogP contribution >= 0.6 is 0 Å². The molecule has 0 amide bonds. The summed E-state index contributed by atoms with van der Waals surface area (Å²) < 4.78 is 0. The fourth-order valence-corrected chi connectivity index (χ4v) is 4.27. The van der Waals surface area contributed by atoms with E-state index in [9.17, 15) is 0 Å². The molecule has 2 aromatic rings. The van der Waals surface area contributed by atoms with Crippen molar-refractivity contribution in [2.24, 2.45) is 0 Å². The van der Waals surface area contributed by atoms with E-state index in [4.69, 9.17) is 0 Å². The number of unbranched alkanes of at least 4 members (excludes halogenated alkanes) is 3. The van der Waals surface area contributed by atoms with Crippen LogP contribution in [0.4, 0.5) is 22.7 Å². The lowest BCUT2D eigenvalue weighted by atomic mass is 10.1. The van der Waals surface area contributed by atoms with E-state index in [2.05, 4.69) is 82.2 Å². The van der Waals surface area contributed by atoms with Gasteiger partial charge in [-0.05, 0) is 37.1 Å². The van der Waals surface area contributed by atoms with Gasteiger partial charge in [-0.15, -0.1) is 0 Å². The van der Waals surface area contributed by atoms with Gasteiger partial charge in [0.1, 0.15) is 0 Å². The third-order valence-electron chi connectivity index (χ3n) is 5.64. The van der Waals surface area contributed by atoms with Crippen molar-refractivity contribution in [3.05, 3.63) is 48.5 Å². The Morgan fingerprint density at radius 3 is 1.38 bits per heavy atom. The molecular weight excluding hydrogens is 320 g/mol. The highest BCUT2D eigenvalue weighted by Gasteiger charge is 2.23. The van der Waals surface area contributed by atoms with E-state index in [1.807, 2.05) is 0 Å². The third-order valence-corrected chi connectivity index (χ3v) is 5.64. The van der Waals surface area contributed by atoms with Gasteiger partial charge in [0.2, 0.25) is 0 Å². The van der Waals surface area contributed by atoms with Crippen LogP contribution in [0.1, 0.15) is 25.7 Å². The fraction of sp³-hybridized carbons (Fsp3) is 0.455. The average Bonchev–Trinajstić information content (AvgIpc) is 3.16. The Morgan fingerprint density at radius 2 is 0.962 bits per heavy atom. The van der Waals surface area contributed by atoms with Gasteiger partial charge in [-0.25, -0.2) is 0 Å². The molecule has 4 rings (SSSR count). The molecule has 0 bridgehead atoms. The van der Waals surface area contributed by atoms with E-state index >= 15 is 0 Å². The molecule has 2 aromatic carbocycles. The van der Waals surface area contributed by atoms with Crippen molar-refractivity contribution in [3.8, 4) is 0 Å². The number of hydrogen-bond donors (Lipinski definition) is 0. The van der Waals surface area contributed by atoms with Crippen LogP contribution < -0.4 is 19.6 Å². The highest BCUT2D eigenvalue weighted by molar-refractivity contribution is 5.76. The topological polar surface area (TPSA) is 13.0 Å². The quantitative estimate of drug-likeness (QED) is 0.687. The summed E-state index contributed by atoms with van der Waals surface area (Å²) in [6.07, 6.45) is 5.18. The first-order valence-electron chi connectivity index (χ1n) is 9.84. The molecule has 2 aliphatic heterocycles. The standard InChI is InChI=1S/C22H30N4/c1-23-17-25(21-13-7-5-11-19(21)23)15-9-3-4-10-16-26-18-24(2)20-12-6-8-14-22(20)26/h5-8,11-14H,3-4,9-10,15-18H2,1-2H3. The molecule has 0 radical (unpaired) electrons. The maximum Gasteiger partial charge on any atom is 0.0901 e. The Kier molecular flexibility index (Phi) is 4.91. The van der Waals surface area contributed by atoms with Crippen LogP contribution in [-0.4, -0.2) is 40.5 Å². The highest BCUT2D eigenvalue weighted by atomic mass is 15.4. The zero-order chi connectivity index (χ0) is 17.9. The van der Waals surface area contributed by atoms with Crippen LogP contribution in [-0.2, 0) is 0 Å². The van der Waals surface area contributed by atoms with Crippen LogP contribution in [0.25, 0.3) is 0 Å². The molecule has 4 heteroatoms. The second-order valence-corrected chi connectivity index (χ2v) is 7.60. The number of benzene rings is 2. The SMILES string of the molecule is CN1CN(CCCCCCN2CN(C)c3ccccc32)c2ccccc21. The zero-order valence-electron chi connectivity index (χ0n) is 16.1. The van der Waals surface area contributed by atoms with Crippen LogP contribution in [0.5, 0.6) is 0 Å². The lowest BCUT2D eigenvalue weighted by molar-refractivity contribution is 0.620. The van der Waals surface area contributed by atoms with Crippen molar-refractivity contribution >= 4 is 22.7 Å². The maximum atomic E-state index is 2.51. The molecule has 0 saturated heterocycles. The number of fused-ring (bicyclic) bond motifs is 2. The summed E-state index contributed by atoms with van der Waals surface area (Å²) in [5.41, 5.74) is 5.52. The Hall–Kier alpha value is -2.36. The minimum atomic E-state index is 1.02. The van der Waals surface area contributed by atoms with Gasteiger partial charge in [0.15, 0.2) is 0 Å². The molecule has 138 valence electrons. The Bertz CT molecular complexity index is 681. The summed E-state index contributed by atoms with van der Waals surface area (Å²) in [5.74, 6) is 0. The van der Waals surface area contributed by atoms with Crippen molar-refractivity contribution in [3.63, 3.8) is 0 Å². The predicted octanol–water partition coefficient (Wildman–Crippen LogP) is 4.37. The van der Waals surface area contributed by atoms with Gasteiger partial charge >= 0.3 is 0 Å². The number of hydrogen-bond acceptors (Lipinski definition) is 4. The largest absolute Gasteiger partial charge is 0.355 e. The predicted molar refractivity (Wildman–Crippen MR) is 113 cm³/mol. The summed E-state index contributed by atoms with van der Waals surface area (Å²) in [6, 6.07) is 17.5. The second kappa shape index (κ2) is 7.48. The maximum absolute atomic E-state index is 2.51. The normalized spacial score (nSPS) is 15.6. The summed E-state index contributed by atoms with van der Waals surface area (Å²) in [7, 11) is 4.37. The van der Waals surface area contributed by atoms with Gasteiger partial charge in [-0.1, -0.05) is 37.1 Å². The number of rotatable bonds is 7. The summed E-state index contributed by atoms with van der Waals surface area (Å²) >= 11 is 0. The van der Waals surface area contributed by atoms with E-state index in [1.165, 1.54) is 48.4 Å². The fourth-order valence-electron chi connectivity index (χ4n) is 4.27. The molecule has 4 nitrogen and oxygen atoms in total. The van der Waals surface area contributed by atoms with Crippen molar-refractivity contribution in [2.45, 2.75) is 25.7 Å². The molecule has 0 unspecified atom stereocenters. The molecule has 0 N–H and O–H groups in total. The number of para-hydroxylation sites is 4. The second-order valence-electron chi connectivity index (χ2n) is 7.60. The number of anilines is 4. The third kappa shape index (κ3) is 3.33. The van der Waals surface area contributed by atoms with Crippen LogP contribution in [0.2, 0.25) is 0 Å². The van der Waals surface area contributed by atoms with E-state index < -0.39 is 0 Å². The van der Waals surface area contributed by atoms with E-state index in [-0.39, 0.29) is 0 Å². The molecule has 0 fully saturated rings. The van der Waals surface area contributed by atoms with Gasteiger partial charge in [0.25, 0.3) is 0 Å². The van der Waals surface area contributed by atoms with Crippen molar-refractivity contribution in [1.29, 1.82) is 0 Å². The Labute approximate surface area is 157 Å². The van der Waals surface area contributed by atoms with Gasteiger partial charge in [-0.3, -0.25) is 0 Å². The first-order valence-corrected chi connectivity index (χ1v) is 9.84. The molecular formula is C22H30N4. The van der Waals surface area contributed by atoms with Crippen LogP contribution in [0, 0.1) is 0 Å². The Morgan fingerprint density at radius 1 is 0.577 bits per heavy atom. The lowest BCUT2D eigenvalue weighted by Crippen LogP contribution is -2.29. The number of nitrogens with zero attached hydrogens (tertiary/aromatic N) is 4. The summed E-state index contributed by atoms with van der Waals surface area (Å²) in [4.78, 5) is 9.72. The highest BCUT2D eigenvalue weighted by Crippen LogP contribution is 2.35. The minimum absolute atomic E-state index is 1.02. The van der Waals surface area contributed by atoms with Gasteiger partial charge in [0.05, 0.1) is 36.1 Å². The van der Waals surface area contributed by atoms with Gasteiger partial charge < -0.3 is 19.6 Å². The first-order chi connectivity index (χ1) is 12.7. The van der Waals surface area contributed by atoms with E-state index in [0.717, 1.165) is 26.4 Å². The molecule has 0 saturated carbocycles. The lowest BCUT2D eigenvalue weighted by Gasteiger charge is -2.20. The van der Waals surface area contributed by atoms with E-state index in [0.29, 0.717) is 0 Å². The summed E-state index contributed by atoms with van der Waals surface area (Å²) in [5, 5.41) is 0. The first kappa shape index (κ1) is 17.1. The average molecular weight is 351 g/mol. The molecule has 0 aliphatic carbocycles. The van der Waals surface area contributed by atoms with Crippen LogP contribution in [0.15, 0.2) is 48.5 Å². The molecule has 2 heterocycles. The smallest absolute Gasteiger partial charge is 0.0901 e. The summed E-state index contributed by atoms with van der Waals surface area (Å²) in [6.45, 7) is 4.37. The Balaban J connectivity index is 1.18. The van der Waals surface area contributed by atoms with Crippen molar-refractivity contribution < 1.29 is 0 Å². The molecule has 0 spiro atoms. The molecule has 0 aromatic heterocycles. The van der Waals surface area contributed by atoms with Gasteiger partial charge in [-0.2, -0.15) is 0 Å². The molecule has 26 heavy (non-hydrogen) atoms. The zero-order valence-corrected chi connectivity index (χ0v) is 16.1. The van der Waals surface area contributed by atoms with Crippen LogP contribution in [0.3, 0.4) is 0 Å². The molecule has 0 atom stereocenters. The van der Waals surface area contributed by atoms with Crippen molar-refractivity contribution in [2.75, 3.05) is 60.1 Å².